The standard InChI is InChI=1S/C26H34O7/c1-3-13-27-15-19-30-23-9-5-7-11-25(23)32-21-17-29-18-22-33-26-12-8-6-10-24(26)31-20-16-28-14-4-2/h3-12H,1-2,13-22H2. The van der Waals surface area contributed by atoms with Crippen molar-refractivity contribution in [1.82, 2.24) is 0 Å². The second kappa shape index (κ2) is 17.5. The van der Waals surface area contributed by atoms with Crippen molar-refractivity contribution >= 4 is 0 Å². The number of para-hydroxylation sites is 4. The molecule has 0 bridgehead atoms. The topological polar surface area (TPSA) is 64.6 Å². The van der Waals surface area contributed by atoms with Crippen LogP contribution in [0.15, 0.2) is 73.8 Å². The molecule has 7 nitrogen and oxygen atoms in total. The Morgan fingerprint density at radius 3 is 1.06 bits per heavy atom. The molecular weight excluding hydrogens is 424 g/mol. The Bertz CT molecular complexity index is 728. The Balaban J connectivity index is 1.60. The Kier molecular flexibility index (Phi) is 14.0. The fourth-order valence-corrected chi connectivity index (χ4v) is 2.65. The van der Waals surface area contributed by atoms with Crippen LogP contribution in [0.2, 0.25) is 0 Å². The molecule has 0 atom stereocenters. The normalized spacial score (nSPS) is 10.4. The minimum absolute atomic E-state index is 0.401. The minimum atomic E-state index is 0.401. The molecule has 0 saturated heterocycles. The average Bonchev–Trinajstić information content (AvgIpc) is 2.84. The number of benzene rings is 2. The van der Waals surface area contributed by atoms with E-state index < -0.39 is 0 Å². The summed E-state index contributed by atoms with van der Waals surface area (Å²) in [6.45, 7) is 11.7. The summed E-state index contributed by atoms with van der Waals surface area (Å²) < 4.78 is 39.3. The quantitative estimate of drug-likeness (QED) is 0.216. The highest BCUT2D eigenvalue weighted by molar-refractivity contribution is 5.40. The molecule has 0 N–H and O–H groups in total. The Morgan fingerprint density at radius 2 is 0.758 bits per heavy atom. The van der Waals surface area contributed by atoms with Gasteiger partial charge in [-0.3, -0.25) is 0 Å². The summed E-state index contributed by atoms with van der Waals surface area (Å²) in [6.07, 6.45) is 3.41. The number of ether oxygens (including phenoxy) is 7. The maximum absolute atomic E-state index is 5.79. The number of rotatable bonds is 20. The molecule has 0 amide bonds. The highest BCUT2D eigenvalue weighted by atomic mass is 16.6. The molecule has 0 radical (unpaired) electrons. The first-order valence-corrected chi connectivity index (χ1v) is 11.0. The van der Waals surface area contributed by atoms with Crippen molar-refractivity contribution in [3.63, 3.8) is 0 Å². The van der Waals surface area contributed by atoms with Crippen molar-refractivity contribution in [2.45, 2.75) is 0 Å². The molecule has 0 aliphatic heterocycles. The van der Waals surface area contributed by atoms with Crippen molar-refractivity contribution < 1.29 is 33.2 Å². The summed E-state index contributed by atoms with van der Waals surface area (Å²) in [5.41, 5.74) is 0. The van der Waals surface area contributed by atoms with Crippen LogP contribution < -0.4 is 18.9 Å². The van der Waals surface area contributed by atoms with Crippen LogP contribution in [0.5, 0.6) is 23.0 Å². The Labute approximate surface area is 196 Å². The van der Waals surface area contributed by atoms with Gasteiger partial charge in [0.25, 0.3) is 0 Å². The molecule has 0 aliphatic carbocycles. The zero-order valence-corrected chi connectivity index (χ0v) is 19.1. The van der Waals surface area contributed by atoms with Gasteiger partial charge >= 0.3 is 0 Å². The van der Waals surface area contributed by atoms with Gasteiger partial charge in [-0.05, 0) is 24.3 Å². The van der Waals surface area contributed by atoms with E-state index in [0.717, 1.165) is 0 Å². The lowest BCUT2D eigenvalue weighted by molar-refractivity contribution is 0.0730. The lowest BCUT2D eigenvalue weighted by Crippen LogP contribution is -2.13. The molecule has 2 rings (SSSR count). The minimum Gasteiger partial charge on any atom is -0.487 e. The van der Waals surface area contributed by atoms with Crippen LogP contribution >= 0.6 is 0 Å². The first-order valence-electron chi connectivity index (χ1n) is 11.0. The molecule has 0 aliphatic rings. The first-order chi connectivity index (χ1) is 16.3. The Morgan fingerprint density at radius 1 is 0.455 bits per heavy atom. The van der Waals surface area contributed by atoms with Gasteiger partial charge in [0.15, 0.2) is 23.0 Å². The van der Waals surface area contributed by atoms with Crippen molar-refractivity contribution in [1.29, 1.82) is 0 Å². The van der Waals surface area contributed by atoms with Gasteiger partial charge in [0.1, 0.15) is 26.4 Å². The van der Waals surface area contributed by atoms with Gasteiger partial charge < -0.3 is 33.2 Å². The fourth-order valence-electron chi connectivity index (χ4n) is 2.65. The lowest BCUT2D eigenvalue weighted by atomic mass is 10.3. The second-order valence-electron chi connectivity index (χ2n) is 6.63. The van der Waals surface area contributed by atoms with Gasteiger partial charge in [0.05, 0.1) is 39.6 Å². The van der Waals surface area contributed by atoms with Gasteiger partial charge in [-0.15, -0.1) is 13.2 Å². The van der Waals surface area contributed by atoms with Gasteiger partial charge in [-0.25, -0.2) is 0 Å². The SMILES string of the molecule is C=CCOCCOc1ccccc1OCCOCCOc1ccccc1OCCOCC=C. The van der Waals surface area contributed by atoms with Gasteiger partial charge in [-0.1, -0.05) is 36.4 Å². The van der Waals surface area contributed by atoms with Crippen LogP contribution in [0.3, 0.4) is 0 Å². The van der Waals surface area contributed by atoms with E-state index in [1.54, 1.807) is 12.2 Å². The monoisotopic (exact) mass is 458 g/mol. The lowest BCUT2D eigenvalue weighted by Gasteiger charge is -2.14. The molecule has 0 aromatic heterocycles. The molecule has 2 aromatic carbocycles. The van der Waals surface area contributed by atoms with Crippen LogP contribution in [0.4, 0.5) is 0 Å². The molecule has 0 fully saturated rings. The van der Waals surface area contributed by atoms with E-state index in [0.29, 0.717) is 89.1 Å². The Hall–Kier alpha value is -3.00. The van der Waals surface area contributed by atoms with Crippen LogP contribution in [0.25, 0.3) is 0 Å². The highest BCUT2D eigenvalue weighted by Crippen LogP contribution is 2.27. The summed E-state index contributed by atoms with van der Waals surface area (Å²) in [7, 11) is 0. The zero-order valence-electron chi connectivity index (χ0n) is 19.1. The van der Waals surface area contributed by atoms with Crippen molar-refractivity contribution in [2.24, 2.45) is 0 Å². The number of hydrogen-bond donors (Lipinski definition) is 0. The third-order valence-corrected chi connectivity index (χ3v) is 4.11. The molecule has 0 saturated carbocycles. The number of hydrogen-bond acceptors (Lipinski definition) is 7. The van der Waals surface area contributed by atoms with E-state index in [1.165, 1.54) is 0 Å². The first kappa shape index (κ1) is 26.3. The third kappa shape index (κ3) is 11.4. The smallest absolute Gasteiger partial charge is 0.161 e. The van der Waals surface area contributed by atoms with E-state index in [2.05, 4.69) is 13.2 Å². The van der Waals surface area contributed by atoms with E-state index in [-0.39, 0.29) is 0 Å². The third-order valence-electron chi connectivity index (χ3n) is 4.11. The van der Waals surface area contributed by atoms with E-state index in [9.17, 15) is 0 Å². The maximum Gasteiger partial charge on any atom is 0.161 e. The van der Waals surface area contributed by atoms with Crippen molar-refractivity contribution in [2.75, 3.05) is 66.1 Å². The zero-order chi connectivity index (χ0) is 23.4. The van der Waals surface area contributed by atoms with Crippen molar-refractivity contribution in [3.8, 4) is 23.0 Å². The van der Waals surface area contributed by atoms with Crippen LogP contribution in [0.1, 0.15) is 0 Å². The van der Waals surface area contributed by atoms with E-state index in [4.69, 9.17) is 33.2 Å². The summed E-state index contributed by atoms with van der Waals surface area (Å²) in [5.74, 6) is 2.69. The van der Waals surface area contributed by atoms with Crippen molar-refractivity contribution in [3.05, 3.63) is 73.8 Å². The molecule has 33 heavy (non-hydrogen) atoms. The second-order valence-corrected chi connectivity index (χ2v) is 6.63. The summed E-state index contributed by atoms with van der Waals surface area (Å²) >= 11 is 0. The molecule has 0 unspecified atom stereocenters. The van der Waals surface area contributed by atoms with Crippen LogP contribution in [0, 0.1) is 0 Å². The largest absolute Gasteiger partial charge is 0.487 e. The van der Waals surface area contributed by atoms with Gasteiger partial charge in [-0.2, -0.15) is 0 Å². The predicted molar refractivity (Wildman–Crippen MR) is 128 cm³/mol. The van der Waals surface area contributed by atoms with Gasteiger partial charge in [0, 0.05) is 0 Å². The maximum atomic E-state index is 5.79. The highest BCUT2D eigenvalue weighted by Gasteiger charge is 2.06. The molecule has 0 spiro atoms. The average molecular weight is 459 g/mol. The van der Waals surface area contributed by atoms with Gasteiger partial charge in [0.2, 0.25) is 0 Å². The summed E-state index contributed by atoms with van der Waals surface area (Å²) in [6, 6.07) is 15.1. The molecule has 0 heterocycles. The van der Waals surface area contributed by atoms with Crippen LogP contribution in [-0.4, -0.2) is 66.1 Å². The molecule has 180 valence electrons. The molecular formula is C26H34O7. The summed E-state index contributed by atoms with van der Waals surface area (Å²) in [4.78, 5) is 0. The molecule has 2 aromatic rings. The van der Waals surface area contributed by atoms with E-state index >= 15 is 0 Å². The fraction of sp³-hybridized carbons (Fsp3) is 0.385. The summed E-state index contributed by atoms with van der Waals surface area (Å²) in [5, 5.41) is 0. The predicted octanol–water partition coefficient (Wildman–Crippen LogP) is 4.32. The van der Waals surface area contributed by atoms with Crippen LogP contribution in [-0.2, 0) is 14.2 Å². The molecule has 7 heteroatoms. The van der Waals surface area contributed by atoms with E-state index in [1.807, 2.05) is 48.5 Å².